The minimum Gasteiger partial charge on any atom is -0.269 e. The molecule has 2 aliphatic rings. The van der Waals surface area contributed by atoms with E-state index in [4.69, 9.17) is 16.4 Å². The summed E-state index contributed by atoms with van der Waals surface area (Å²) in [5.41, 5.74) is 2.48. The summed E-state index contributed by atoms with van der Waals surface area (Å²) in [6.07, 6.45) is 2.32. The van der Waals surface area contributed by atoms with Gasteiger partial charge in [0.25, 0.3) is 0 Å². The number of anilines is 1. The van der Waals surface area contributed by atoms with Gasteiger partial charge in [-0.15, -0.1) is 11.3 Å². The molecule has 0 saturated carbocycles. The van der Waals surface area contributed by atoms with Gasteiger partial charge in [0.2, 0.25) is 0 Å². The number of benzene rings is 1. The van der Waals surface area contributed by atoms with Gasteiger partial charge in [0.15, 0.2) is 0 Å². The Morgan fingerprint density at radius 3 is 3.00 bits per heavy atom. The second kappa shape index (κ2) is 4.23. The quantitative estimate of drug-likeness (QED) is 0.766. The molecule has 1 fully saturated rings. The van der Waals surface area contributed by atoms with Gasteiger partial charge in [0.1, 0.15) is 0 Å². The van der Waals surface area contributed by atoms with E-state index in [0.717, 1.165) is 17.9 Å². The molecule has 1 saturated heterocycles. The highest BCUT2D eigenvalue weighted by atomic mass is 35.5. The van der Waals surface area contributed by atoms with Crippen molar-refractivity contribution < 1.29 is 4.84 Å². The van der Waals surface area contributed by atoms with E-state index < -0.39 is 0 Å². The number of nitrogens with zero attached hydrogens (tertiary/aromatic N) is 1. The smallest absolute Gasteiger partial charge is 0.0933 e. The zero-order valence-corrected chi connectivity index (χ0v) is 12.2. The zero-order valence-electron chi connectivity index (χ0n) is 10.6. The van der Waals surface area contributed by atoms with Crippen LogP contribution in [0, 0.1) is 6.92 Å². The first-order chi connectivity index (χ1) is 9.20. The fourth-order valence-corrected chi connectivity index (χ4v) is 4.18. The van der Waals surface area contributed by atoms with Crippen LogP contribution >= 0.6 is 22.9 Å². The van der Waals surface area contributed by atoms with Crippen molar-refractivity contribution in [1.82, 2.24) is 0 Å². The first-order valence-corrected chi connectivity index (χ1v) is 7.71. The third-order valence-electron chi connectivity index (χ3n) is 3.85. The van der Waals surface area contributed by atoms with E-state index in [9.17, 15) is 0 Å². The maximum Gasteiger partial charge on any atom is 0.0933 e. The van der Waals surface area contributed by atoms with E-state index >= 15 is 0 Å². The molecule has 19 heavy (non-hydrogen) atoms. The largest absolute Gasteiger partial charge is 0.269 e. The van der Waals surface area contributed by atoms with E-state index in [1.807, 2.05) is 17.4 Å². The number of aryl methyl sites for hydroxylation is 1. The summed E-state index contributed by atoms with van der Waals surface area (Å²) in [4.78, 5) is 8.78. The van der Waals surface area contributed by atoms with Gasteiger partial charge in [-0.1, -0.05) is 11.6 Å². The number of rotatable bonds is 1. The van der Waals surface area contributed by atoms with Gasteiger partial charge in [0, 0.05) is 27.6 Å². The summed E-state index contributed by atoms with van der Waals surface area (Å²) in [7, 11) is 0. The number of hydrogen-bond acceptors (Lipinski definition) is 3. The SMILES string of the molecule is Cc1ccc([C@@H]2C[C@H]3Cc4cc(Cl)ccc4N2O3)s1. The molecule has 0 amide bonds. The summed E-state index contributed by atoms with van der Waals surface area (Å²) >= 11 is 7.96. The van der Waals surface area contributed by atoms with Crippen LogP contribution in [0.4, 0.5) is 5.69 Å². The average molecular weight is 292 g/mol. The van der Waals surface area contributed by atoms with Crippen molar-refractivity contribution in [2.45, 2.75) is 31.9 Å². The van der Waals surface area contributed by atoms with E-state index in [0.29, 0.717) is 12.1 Å². The molecular weight excluding hydrogens is 278 g/mol. The summed E-state index contributed by atoms with van der Waals surface area (Å²) in [5, 5.41) is 2.90. The van der Waals surface area contributed by atoms with Crippen LogP contribution in [0.25, 0.3) is 0 Å². The van der Waals surface area contributed by atoms with Gasteiger partial charge in [0.05, 0.1) is 17.8 Å². The maximum atomic E-state index is 6.09. The molecule has 4 heteroatoms. The topological polar surface area (TPSA) is 12.5 Å². The second-order valence-electron chi connectivity index (χ2n) is 5.23. The predicted octanol–water partition coefficient (Wildman–Crippen LogP) is 4.52. The van der Waals surface area contributed by atoms with Gasteiger partial charge >= 0.3 is 0 Å². The average Bonchev–Trinajstić information content (AvgIpc) is 2.94. The van der Waals surface area contributed by atoms with Crippen LogP contribution < -0.4 is 5.06 Å². The maximum absolute atomic E-state index is 6.09. The minimum absolute atomic E-state index is 0.290. The van der Waals surface area contributed by atoms with Crippen LogP contribution in [0.5, 0.6) is 0 Å². The van der Waals surface area contributed by atoms with Gasteiger partial charge in [-0.2, -0.15) is 0 Å². The molecule has 98 valence electrons. The lowest BCUT2D eigenvalue weighted by molar-refractivity contribution is 0.0736. The number of fused-ring (bicyclic) bond motifs is 4. The van der Waals surface area contributed by atoms with Crippen molar-refractivity contribution >= 4 is 28.6 Å². The van der Waals surface area contributed by atoms with Gasteiger partial charge in [-0.3, -0.25) is 4.84 Å². The lowest BCUT2D eigenvalue weighted by atomic mass is 10.0. The normalized spacial score (nSPS) is 24.6. The van der Waals surface area contributed by atoms with Crippen molar-refractivity contribution in [2.75, 3.05) is 5.06 Å². The fraction of sp³-hybridized carbons (Fsp3) is 0.333. The van der Waals surface area contributed by atoms with Crippen molar-refractivity contribution in [1.29, 1.82) is 0 Å². The Morgan fingerprint density at radius 2 is 2.21 bits per heavy atom. The molecule has 2 atom stereocenters. The van der Waals surface area contributed by atoms with E-state index in [1.165, 1.54) is 21.0 Å². The summed E-state index contributed by atoms with van der Waals surface area (Å²) in [6, 6.07) is 10.9. The van der Waals surface area contributed by atoms with Crippen LogP contribution in [0.2, 0.25) is 5.02 Å². The molecule has 4 rings (SSSR count). The summed E-state index contributed by atoms with van der Waals surface area (Å²) in [5.74, 6) is 0. The second-order valence-corrected chi connectivity index (χ2v) is 6.99. The Bertz CT molecular complexity index is 639. The van der Waals surface area contributed by atoms with Crippen molar-refractivity contribution in [3.8, 4) is 0 Å². The van der Waals surface area contributed by atoms with Crippen LogP contribution in [0.1, 0.15) is 27.8 Å². The van der Waals surface area contributed by atoms with Crippen molar-refractivity contribution in [3.05, 3.63) is 50.7 Å². The zero-order chi connectivity index (χ0) is 13.0. The Balaban J connectivity index is 1.77. The van der Waals surface area contributed by atoms with Gasteiger partial charge in [-0.25, -0.2) is 5.06 Å². The first kappa shape index (κ1) is 11.8. The molecule has 1 aromatic carbocycles. The fourth-order valence-electron chi connectivity index (χ4n) is 3.01. The number of hydrogen-bond donors (Lipinski definition) is 0. The Morgan fingerprint density at radius 1 is 1.32 bits per heavy atom. The third-order valence-corrected chi connectivity index (χ3v) is 5.19. The van der Waals surface area contributed by atoms with E-state index in [-0.39, 0.29) is 0 Å². The molecule has 3 heterocycles. The standard InChI is InChI=1S/C15H14ClNOS/c1-9-2-5-15(19-9)14-8-12-7-10-6-11(16)3-4-13(10)17(14)18-12/h2-6,12,14H,7-8H2,1H3/t12-,14+/m1/s1. The van der Waals surface area contributed by atoms with Gasteiger partial charge < -0.3 is 0 Å². The van der Waals surface area contributed by atoms with Crippen molar-refractivity contribution in [2.24, 2.45) is 0 Å². The number of thiophene rings is 1. The molecule has 2 bridgehead atoms. The molecule has 0 spiro atoms. The van der Waals surface area contributed by atoms with Crippen LogP contribution in [0.3, 0.4) is 0 Å². The van der Waals surface area contributed by atoms with Crippen LogP contribution in [-0.4, -0.2) is 6.10 Å². The Kier molecular flexibility index (Phi) is 2.62. The Hall–Kier alpha value is -1.03. The van der Waals surface area contributed by atoms with Crippen LogP contribution in [-0.2, 0) is 11.3 Å². The lowest BCUT2D eigenvalue weighted by Gasteiger charge is -2.29. The minimum atomic E-state index is 0.290. The van der Waals surface area contributed by atoms with Crippen LogP contribution in [0.15, 0.2) is 30.3 Å². The summed E-state index contributed by atoms with van der Waals surface area (Å²) < 4.78 is 0. The Labute approximate surface area is 121 Å². The molecular formula is C15H14ClNOS. The molecule has 0 N–H and O–H groups in total. The molecule has 2 nitrogen and oxygen atoms in total. The highest BCUT2D eigenvalue weighted by Crippen LogP contribution is 2.46. The molecule has 0 unspecified atom stereocenters. The number of hydroxylamine groups is 1. The van der Waals surface area contributed by atoms with Crippen molar-refractivity contribution in [3.63, 3.8) is 0 Å². The predicted molar refractivity (Wildman–Crippen MR) is 78.9 cm³/mol. The molecule has 0 radical (unpaired) electrons. The highest BCUT2D eigenvalue weighted by molar-refractivity contribution is 7.12. The molecule has 2 aromatic rings. The summed E-state index contributed by atoms with van der Waals surface area (Å²) in [6.45, 7) is 2.15. The highest BCUT2D eigenvalue weighted by Gasteiger charge is 2.40. The third kappa shape index (κ3) is 1.88. The first-order valence-electron chi connectivity index (χ1n) is 6.51. The van der Waals surface area contributed by atoms with Gasteiger partial charge in [-0.05, 0) is 42.8 Å². The van der Waals surface area contributed by atoms with E-state index in [2.05, 4.69) is 36.3 Å². The number of halogens is 1. The molecule has 2 aliphatic heterocycles. The molecule has 1 aromatic heterocycles. The lowest BCUT2D eigenvalue weighted by Crippen LogP contribution is -2.27. The van der Waals surface area contributed by atoms with E-state index in [1.54, 1.807) is 0 Å². The monoisotopic (exact) mass is 291 g/mol. The molecule has 0 aliphatic carbocycles.